The van der Waals surface area contributed by atoms with Crippen LogP contribution in [0.25, 0.3) is 0 Å². The van der Waals surface area contributed by atoms with Crippen LogP contribution in [-0.2, 0) is 6.42 Å². The van der Waals surface area contributed by atoms with Crippen LogP contribution in [0.4, 0.5) is 0 Å². The molecule has 6 heteroatoms. The lowest BCUT2D eigenvalue weighted by atomic mass is 10.3. The van der Waals surface area contributed by atoms with Gasteiger partial charge >= 0.3 is 0 Å². The maximum atomic E-state index is 5.96. The van der Waals surface area contributed by atoms with Crippen LogP contribution in [0, 0.1) is 6.92 Å². The van der Waals surface area contributed by atoms with Gasteiger partial charge in [0, 0.05) is 17.5 Å². The molecular weight excluding hydrogens is 212 g/mol. The molecule has 0 bridgehead atoms. The maximum Gasteiger partial charge on any atom is 0.226 e. The highest BCUT2D eigenvalue weighted by Crippen LogP contribution is 2.20. The first kappa shape index (κ1) is 10.3. The van der Waals surface area contributed by atoms with Crippen molar-refractivity contribution in [3.8, 4) is 0 Å². The van der Waals surface area contributed by atoms with Crippen LogP contribution >= 0.6 is 11.3 Å². The third kappa shape index (κ3) is 2.05. The van der Waals surface area contributed by atoms with Crippen LogP contribution in [0.1, 0.15) is 35.4 Å². The monoisotopic (exact) mass is 224 g/mol. The molecule has 0 aliphatic rings. The van der Waals surface area contributed by atoms with Crippen molar-refractivity contribution in [2.75, 3.05) is 0 Å². The number of hydrogen-bond acceptors (Lipinski definition) is 6. The molecule has 0 aliphatic heterocycles. The smallest absolute Gasteiger partial charge is 0.226 e. The third-order valence-electron chi connectivity index (χ3n) is 1.97. The zero-order valence-electron chi connectivity index (χ0n) is 8.60. The van der Waals surface area contributed by atoms with Crippen LogP contribution in [-0.4, -0.2) is 15.1 Å². The van der Waals surface area contributed by atoms with Crippen LogP contribution < -0.4 is 5.73 Å². The summed E-state index contributed by atoms with van der Waals surface area (Å²) in [5.41, 5.74) is 6.92. The Bertz CT molecular complexity index is 450. The third-order valence-corrected chi connectivity index (χ3v) is 3.01. The summed E-state index contributed by atoms with van der Waals surface area (Å²) in [5.74, 6) is 1.11. The highest BCUT2D eigenvalue weighted by atomic mass is 32.1. The SMILES string of the molecule is CCc1nc(C(N)c2nc(C)cs2)no1. The van der Waals surface area contributed by atoms with E-state index in [-0.39, 0.29) is 6.04 Å². The van der Waals surface area contributed by atoms with Gasteiger partial charge in [-0.15, -0.1) is 11.3 Å². The molecule has 80 valence electrons. The van der Waals surface area contributed by atoms with Gasteiger partial charge in [0.15, 0.2) is 5.82 Å². The minimum absolute atomic E-state index is 0.382. The van der Waals surface area contributed by atoms with Crippen molar-refractivity contribution in [1.82, 2.24) is 15.1 Å². The predicted octanol–water partition coefficient (Wildman–Crippen LogP) is 1.45. The normalized spacial score (nSPS) is 13.0. The second-order valence-electron chi connectivity index (χ2n) is 3.20. The number of aromatic nitrogens is 3. The van der Waals surface area contributed by atoms with E-state index in [0.717, 1.165) is 17.1 Å². The molecule has 2 aromatic heterocycles. The van der Waals surface area contributed by atoms with E-state index in [4.69, 9.17) is 10.3 Å². The van der Waals surface area contributed by atoms with E-state index >= 15 is 0 Å². The molecule has 1 unspecified atom stereocenters. The molecule has 2 aromatic rings. The van der Waals surface area contributed by atoms with E-state index in [2.05, 4.69) is 15.1 Å². The Kier molecular flexibility index (Phi) is 2.79. The van der Waals surface area contributed by atoms with Crippen molar-refractivity contribution in [2.45, 2.75) is 26.3 Å². The Labute approximate surface area is 91.3 Å². The number of nitrogens with zero attached hydrogens (tertiary/aromatic N) is 3. The summed E-state index contributed by atoms with van der Waals surface area (Å²) in [7, 11) is 0. The Balaban J connectivity index is 2.23. The van der Waals surface area contributed by atoms with Gasteiger partial charge in [-0.3, -0.25) is 0 Å². The number of rotatable bonds is 3. The Hall–Kier alpha value is -1.27. The topological polar surface area (TPSA) is 77.8 Å². The maximum absolute atomic E-state index is 5.96. The molecule has 0 radical (unpaired) electrons. The summed E-state index contributed by atoms with van der Waals surface area (Å²) >= 11 is 1.51. The molecule has 0 aliphatic carbocycles. The summed E-state index contributed by atoms with van der Waals surface area (Å²) in [6.45, 7) is 3.89. The summed E-state index contributed by atoms with van der Waals surface area (Å²) in [6, 6.07) is -0.382. The van der Waals surface area contributed by atoms with Crippen molar-refractivity contribution >= 4 is 11.3 Å². The Morgan fingerprint density at radius 1 is 1.53 bits per heavy atom. The van der Waals surface area contributed by atoms with Crippen LogP contribution in [0.2, 0.25) is 0 Å². The molecule has 0 fully saturated rings. The zero-order chi connectivity index (χ0) is 10.8. The van der Waals surface area contributed by atoms with E-state index in [1.165, 1.54) is 11.3 Å². The van der Waals surface area contributed by atoms with Gasteiger partial charge in [-0.25, -0.2) is 4.98 Å². The van der Waals surface area contributed by atoms with Gasteiger partial charge in [0.25, 0.3) is 0 Å². The summed E-state index contributed by atoms with van der Waals surface area (Å²) in [6.07, 6.45) is 0.719. The summed E-state index contributed by atoms with van der Waals surface area (Å²) in [5, 5.41) is 6.60. The van der Waals surface area contributed by atoms with Gasteiger partial charge in [-0.2, -0.15) is 4.98 Å². The highest BCUT2D eigenvalue weighted by molar-refractivity contribution is 7.09. The molecule has 0 aromatic carbocycles. The fourth-order valence-corrected chi connectivity index (χ4v) is 1.96. The van der Waals surface area contributed by atoms with E-state index in [1.807, 2.05) is 19.2 Å². The van der Waals surface area contributed by atoms with Crippen LogP contribution in [0.5, 0.6) is 0 Å². The van der Waals surface area contributed by atoms with Gasteiger partial charge in [0.1, 0.15) is 11.0 Å². The molecule has 5 nitrogen and oxygen atoms in total. The van der Waals surface area contributed by atoms with Crippen molar-refractivity contribution in [2.24, 2.45) is 5.73 Å². The van der Waals surface area contributed by atoms with Gasteiger partial charge in [0.05, 0.1) is 0 Å². The molecule has 2 heterocycles. The van der Waals surface area contributed by atoms with Gasteiger partial charge < -0.3 is 10.3 Å². The van der Waals surface area contributed by atoms with Crippen molar-refractivity contribution in [1.29, 1.82) is 0 Å². The quantitative estimate of drug-likeness (QED) is 0.853. The average Bonchev–Trinajstić information content (AvgIpc) is 2.84. The predicted molar refractivity (Wildman–Crippen MR) is 56.6 cm³/mol. The minimum Gasteiger partial charge on any atom is -0.339 e. The first-order chi connectivity index (χ1) is 7.20. The first-order valence-electron chi connectivity index (χ1n) is 4.70. The molecule has 0 spiro atoms. The van der Waals surface area contributed by atoms with Crippen molar-refractivity contribution < 1.29 is 4.52 Å². The molecule has 2 N–H and O–H groups in total. The van der Waals surface area contributed by atoms with E-state index in [0.29, 0.717) is 11.7 Å². The summed E-state index contributed by atoms with van der Waals surface area (Å²) < 4.78 is 5.00. The molecule has 0 saturated heterocycles. The fraction of sp³-hybridized carbons (Fsp3) is 0.444. The van der Waals surface area contributed by atoms with Gasteiger partial charge in [0.2, 0.25) is 5.89 Å². The largest absolute Gasteiger partial charge is 0.339 e. The van der Waals surface area contributed by atoms with Crippen molar-refractivity contribution in [3.63, 3.8) is 0 Å². The van der Waals surface area contributed by atoms with Crippen LogP contribution in [0.3, 0.4) is 0 Å². The summed E-state index contributed by atoms with van der Waals surface area (Å²) in [4.78, 5) is 8.47. The lowest BCUT2D eigenvalue weighted by Gasteiger charge is -2.00. The molecule has 0 saturated carbocycles. The average molecular weight is 224 g/mol. The number of nitrogens with two attached hydrogens (primary N) is 1. The van der Waals surface area contributed by atoms with Crippen LogP contribution in [0.15, 0.2) is 9.90 Å². The molecule has 15 heavy (non-hydrogen) atoms. The van der Waals surface area contributed by atoms with Gasteiger partial charge in [-0.05, 0) is 6.92 Å². The Morgan fingerprint density at radius 3 is 2.87 bits per heavy atom. The number of aryl methyl sites for hydroxylation is 2. The van der Waals surface area contributed by atoms with Crippen molar-refractivity contribution in [3.05, 3.63) is 27.8 Å². The number of thiazole rings is 1. The first-order valence-corrected chi connectivity index (χ1v) is 5.58. The molecule has 2 rings (SSSR count). The highest BCUT2D eigenvalue weighted by Gasteiger charge is 2.18. The molecular formula is C9H12N4OS. The lowest BCUT2D eigenvalue weighted by Crippen LogP contribution is -2.13. The number of hydrogen-bond donors (Lipinski definition) is 1. The Morgan fingerprint density at radius 2 is 2.33 bits per heavy atom. The zero-order valence-corrected chi connectivity index (χ0v) is 9.41. The van der Waals surface area contributed by atoms with Gasteiger partial charge in [-0.1, -0.05) is 12.1 Å². The van der Waals surface area contributed by atoms with E-state index < -0.39 is 0 Å². The molecule has 0 amide bonds. The minimum atomic E-state index is -0.382. The van der Waals surface area contributed by atoms with E-state index in [1.54, 1.807) is 0 Å². The fourth-order valence-electron chi connectivity index (χ4n) is 1.16. The lowest BCUT2D eigenvalue weighted by molar-refractivity contribution is 0.375. The second kappa shape index (κ2) is 4.08. The molecule has 1 atom stereocenters. The standard InChI is InChI=1S/C9H12N4OS/c1-3-6-12-8(13-14-6)7(10)9-11-5(2)4-15-9/h4,7H,3,10H2,1-2H3. The second-order valence-corrected chi connectivity index (χ2v) is 4.09. The van der Waals surface area contributed by atoms with E-state index in [9.17, 15) is 0 Å².